The summed E-state index contributed by atoms with van der Waals surface area (Å²) < 4.78 is 0. The average molecular weight is 314 g/mol. The summed E-state index contributed by atoms with van der Waals surface area (Å²) in [6.45, 7) is 4.79. The van der Waals surface area contributed by atoms with E-state index in [0.29, 0.717) is 12.1 Å². The smallest absolute Gasteiger partial charge is 0.317 e. The molecule has 3 aliphatic rings. The maximum Gasteiger partial charge on any atom is 0.317 e. The van der Waals surface area contributed by atoms with E-state index in [-0.39, 0.29) is 6.03 Å². The molecule has 0 radical (unpaired) electrons. The predicted octanol–water partition coefficient (Wildman–Crippen LogP) is 1.59. The molecule has 0 saturated carbocycles. The average Bonchev–Trinajstić information content (AvgIpc) is 3.24. The van der Waals surface area contributed by atoms with Gasteiger partial charge in [-0.05, 0) is 43.9 Å². The van der Waals surface area contributed by atoms with Gasteiger partial charge in [-0.1, -0.05) is 18.2 Å². The second-order valence-corrected chi connectivity index (χ2v) is 6.93. The highest BCUT2D eigenvalue weighted by Gasteiger charge is 2.31. The van der Waals surface area contributed by atoms with Crippen LogP contribution in [0.4, 0.5) is 10.5 Å². The highest BCUT2D eigenvalue weighted by molar-refractivity contribution is 5.74. The lowest BCUT2D eigenvalue weighted by Gasteiger charge is -2.38. The molecule has 5 nitrogen and oxygen atoms in total. The Morgan fingerprint density at radius 1 is 1.13 bits per heavy atom. The summed E-state index contributed by atoms with van der Waals surface area (Å²) in [5, 5.41) is 6.45. The van der Waals surface area contributed by atoms with E-state index in [0.717, 1.165) is 58.4 Å². The summed E-state index contributed by atoms with van der Waals surface area (Å²) in [7, 11) is 0. The number of likely N-dealkylation sites (tertiary alicyclic amines) is 1. The number of urea groups is 1. The molecule has 3 heterocycles. The van der Waals surface area contributed by atoms with Gasteiger partial charge in [-0.3, -0.25) is 0 Å². The van der Waals surface area contributed by atoms with E-state index < -0.39 is 0 Å². The van der Waals surface area contributed by atoms with E-state index in [4.69, 9.17) is 0 Å². The molecular formula is C18H26N4O. The van der Waals surface area contributed by atoms with Crippen molar-refractivity contribution < 1.29 is 4.79 Å². The molecule has 3 aliphatic heterocycles. The van der Waals surface area contributed by atoms with Crippen LogP contribution in [0, 0.1) is 0 Å². The number of nitrogens with one attached hydrogen (secondary N) is 2. The van der Waals surface area contributed by atoms with Crippen molar-refractivity contribution in [2.24, 2.45) is 0 Å². The quantitative estimate of drug-likeness (QED) is 0.871. The summed E-state index contributed by atoms with van der Waals surface area (Å²) >= 11 is 0. The lowest BCUT2D eigenvalue weighted by atomic mass is 10.0. The van der Waals surface area contributed by atoms with Crippen molar-refractivity contribution in [1.29, 1.82) is 0 Å². The fraction of sp³-hybridized carbons (Fsp3) is 0.611. The van der Waals surface area contributed by atoms with Crippen molar-refractivity contribution in [3.05, 3.63) is 29.8 Å². The number of amides is 2. The number of nitrogens with zero attached hydrogens (tertiary/aromatic N) is 2. The van der Waals surface area contributed by atoms with Gasteiger partial charge >= 0.3 is 6.03 Å². The molecule has 1 aromatic carbocycles. The zero-order valence-electron chi connectivity index (χ0n) is 13.6. The summed E-state index contributed by atoms with van der Waals surface area (Å²) in [6, 6.07) is 9.77. The Balaban J connectivity index is 1.32. The van der Waals surface area contributed by atoms with E-state index in [1.54, 1.807) is 0 Å². The van der Waals surface area contributed by atoms with Crippen molar-refractivity contribution in [2.45, 2.75) is 37.8 Å². The molecule has 0 aliphatic carbocycles. The van der Waals surface area contributed by atoms with Gasteiger partial charge in [-0.2, -0.15) is 0 Å². The lowest BCUT2D eigenvalue weighted by molar-refractivity contribution is 0.177. The van der Waals surface area contributed by atoms with Crippen molar-refractivity contribution in [3.8, 4) is 0 Å². The van der Waals surface area contributed by atoms with E-state index in [1.165, 1.54) is 11.3 Å². The number of carbonyl (C=O) groups excluding carboxylic acids is 1. The summed E-state index contributed by atoms with van der Waals surface area (Å²) in [4.78, 5) is 16.9. The number of hydrogen-bond donors (Lipinski definition) is 2. The molecule has 2 amide bonds. The molecule has 4 rings (SSSR count). The maximum atomic E-state index is 12.4. The Bertz CT molecular complexity index is 562. The van der Waals surface area contributed by atoms with E-state index in [2.05, 4.69) is 39.8 Å². The molecule has 0 spiro atoms. The number of benzene rings is 1. The molecule has 124 valence electrons. The van der Waals surface area contributed by atoms with Gasteiger partial charge in [-0.25, -0.2) is 4.79 Å². The second-order valence-electron chi connectivity index (χ2n) is 6.93. The monoisotopic (exact) mass is 314 g/mol. The van der Waals surface area contributed by atoms with E-state index in [9.17, 15) is 4.79 Å². The van der Waals surface area contributed by atoms with Crippen LogP contribution in [0.1, 0.15) is 24.8 Å². The number of para-hydroxylation sites is 1. The van der Waals surface area contributed by atoms with Crippen LogP contribution in [0.25, 0.3) is 0 Å². The first-order valence-electron chi connectivity index (χ1n) is 8.92. The number of piperidine rings is 1. The van der Waals surface area contributed by atoms with Crippen molar-refractivity contribution in [3.63, 3.8) is 0 Å². The third kappa shape index (κ3) is 3.02. The highest BCUT2D eigenvalue weighted by atomic mass is 16.2. The zero-order valence-corrected chi connectivity index (χ0v) is 13.6. The summed E-state index contributed by atoms with van der Waals surface area (Å²) in [5.74, 6) is 0. The Morgan fingerprint density at radius 2 is 1.96 bits per heavy atom. The first kappa shape index (κ1) is 14.8. The Labute approximate surface area is 138 Å². The number of carbonyl (C=O) groups is 1. The molecule has 0 aromatic heterocycles. The Morgan fingerprint density at radius 3 is 2.74 bits per heavy atom. The van der Waals surface area contributed by atoms with Gasteiger partial charge in [0.15, 0.2) is 0 Å². The van der Waals surface area contributed by atoms with Crippen LogP contribution in [-0.4, -0.2) is 55.7 Å². The Kier molecular flexibility index (Phi) is 4.12. The van der Waals surface area contributed by atoms with Crippen molar-refractivity contribution >= 4 is 11.7 Å². The molecule has 2 fully saturated rings. The molecule has 2 N–H and O–H groups in total. The van der Waals surface area contributed by atoms with Crippen LogP contribution in [-0.2, 0) is 6.42 Å². The fourth-order valence-corrected chi connectivity index (χ4v) is 4.17. The molecule has 1 atom stereocenters. The van der Waals surface area contributed by atoms with Crippen LogP contribution in [0.3, 0.4) is 0 Å². The SMILES string of the molecule is O=C(N[C@@H]1CCNC1)N1CCC(N2CCc3ccccc32)CC1. The van der Waals surface area contributed by atoms with Gasteiger partial charge in [0.1, 0.15) is 0 Å². The molecule has 2 saturated heterocycles. The third-order valence-electron chi connectivity index (χ3n) is 5.50. The summed E-state index contributed by atoms with van der Waals surface area (Å²) in [5.41, 5.74) is 2.88. The van der Waals surface area contributed by atoms with Gasteiger partial charge < -0.3 is 20.4 Å². The molecule has 0 unspecified atom stereocenters. The molecule has 23 heavy (non-hydrogen) atoms. The van der Waals surface area contributed by atoms with Crippen molar-refractivity contribution in [2.75, 3.05) is 37.6 Å². The normalized spacial score (nSPS) is 24.8. The molecular weight excluding hydrogens is 288 g/mol. The standard InChI is InChI=1S/C18H26N4O/c23-18(20-15-5-9-19-13-15)21-10-7-16(8-11-21)22-12-6-14-3-1-2-4-17(14)22/h1-4,15-16,19H,5-13H2,(H,20,23)/t15-/m1/s1. The van der Waals surface area contributed by atoms with Crippen molar-refractivity contribution in [1.82, 2.24) is 15.5 Å². The lowest BCUT2D eigenvalue weighted by Crippen LogP contribution is -2.51. The number of hydrogen-bond acceptors (Lipinski definition) is 3. The van der Waals surface area contributed by atoms with Crippen LogP contribution in [0.5, 0.6) is 0 Å². The molecule has 1 aromatic rings. The van der Waals surface area contributed by atoms with Gasteiger partial charge in [0.2, 0.25) is 0 Å². The van der Waals surface area contributed by atoms with E-state index >= 15 is 0 Å². The first-order valence-corrected chi connectivity index (χ1v) is 8.92. The summed E-state index contributed by atoms with van der Waals surface area (Å²) in [6.07, 6.45) is 4.35. The van der Waals surface area contributed by atoms with Gasteiger partial charge in [-0.15, -0.1) is 0 Å². The van der Waals surface area contributed by atoms with Gasteiger partial charge in [0.05, 0.1) is 0 Å². The van der Waals surface area contributed by atoms with Crippen LogP contribution >= 0.6 is 0 Å². The number of fused-ring (bicyclic) bond motifs is 1. The van der Waals surface area contributed by atoms with Crippen LogP contribution in [0.2, 0.25) is 0 Å². The van der Waals surface area contributed by atoms with E-state index in [1.807, 2.05) is 4.90 Å². The minimum atomic E-state index is 0.124. The van der Waals surface area contributed by atoms with Crippen LogP contribution < -0.4 is 15.5 Å². The zero-order chi connectivity index (χ0) is 15.6. The fourth-order valence-electron chi connectivity index (χ4n) is 4.17. The third-order valence-corrected chi connectivity index (χ3v) is 5.50. The number of anilines is 1. The first-order chi connectivity index (χ1) is 11.3. The topological polar surface area (TPSA) is 47.6 Å². The largest absolute Gasteiger partial charge is 0.368 e. The molecule has 5 heteroatoms. The minimum absolute atomic E-state index is 0.124. The maximum absolute atomic E-state index is 12.4. The second kappa shape index (κ2) is 6.40. The highest BCUT2D eigenvalue weighted by Crippen LogP contribution is 2.32. The minimum Gasteiger partial charge on any atom is -0.368 e. The van der Waals surface area contributed by atoms with Gasteiger partial charge in [0, 0.05) is 44.0 Å². The number of rotatable bonds is 2. The van der Waals surface area contributed by atoms with Gasteiger partial charge in [0.25, 0.3) is 0 Å². The van der Waals surface area contributed by atoms with Crippen LogP contribution in [0.15, 0.2) is 24.3 Å². The molecule has 0 bridgehead atoms. The predicted molar refractivity (Wildman–Crippen MR) is 91.9 cm³/mol. The Hall–Kier alpha value is -1.75.